The number of aliphatic hydroxyl groups is 2. The molecule has 186 valence electrons. The van der Waals surface area contributed by atoms with Gasteiger partial charge in [0.25, 0.3) is 0 Å². The standard InChI is InChI=1S/C26H35NO6S/c1-2-3-4-5-6-23(29)19-7-9-20(10-8-19)27-21(11-14-25(27)30)17-32-18-22-12-13-24(34-22)26(31)33-16-15-28/h7-10,12-13,21,23,28-29H,2-6,11,14-18H2,1H3/t21-,23+/m1/s1. The van der Waals surface area contributed by atoms with Crippen LogP contribution in [0.25, 0.3) is 0 Å². The fourth-order valence-corrected chi connectivity index (χ4v) is 4.95. The van der Waals surface area contributed by atoms with E-state index in [0.29, 0.717) is 24.5 Å². The summed E-state index contributed by atoms with van der Waals surface area (Å²) in [7, 11) is 0. The Labute approximate surface area is 205 Å². The number of aliphatic hydroxyl groups excluding tert-OH is 2. The zero-order chi connectivity index (χ0) is 24.3. The van der Waals surface area contributed by atoms with Crippen molar-refractivity contribution in [2.24, 2.45) is 0 Å². The molecule has 0 saturated carbocycles. The molecule has 7 nitrogen and oxygen atoms in total. The number of amides is 1. The summed E-state index contributed by atoms with van der Waals surface area (Å²) in [5, 5.41) is 19.2. The van der Waals surface area contributed by atoms with E-state index in [0.717, 1.165) is 41.8 Å². The molecule has 34 heavy (non-hydrogen) atoms. The first-order valence-corrected chi connectivity index (χ1v) is 12.9. The number of rotatable bonds is 14. The minimum Gasteiger partial charge on any atom is -0.459 e. The number of unbranched alkanes of at least 4 members (excludes halogenated alkanes) is 3. The summed E-state index contributed by atoms with van der Waals surface area (Å²) >= 11 is 1.30. The van der Waals surface area contributed by atoms with Crippen molar-refractivity contribution in [3.63, 3.8) is 0 Å². The largest absolute Gasteiger partial charge is 0.459 e. The fraction of sp³-hybridized carbons (Fsp3) is 0.538. The Morgan fingerprint density at radius 2 is 1.97 bits per heavy atom. The van der Waals surface area contributed by atoms with Gasteiger partial charge in [-0.2, -0.15) is 0 Å². The van der Waals surface area contributed by atoms with Crippen LogP contribution < -0.4 is 4.90 Å². The number of benzene rings is 1. The van der Waals surface area contributed by atoms with Gasteiger partial charge in [0.15, 0.2) is 0 Å². The first kappa shape index (κ1) is 26.3. The van der Waals surface area contributed by atoms with Crippen molar-refractivity contribution in [2.45, 2.75) is 70.6 Å². The van der Waals surface area contributed by atoms with Crippen LogP contribution in [0.3, 0.4) is 0 Å². The van der Waals surface area contributed by atoms with Crippen LogP contribution in [0.1, 0.15) is 78.1 Å². The lowest BCUT2D eigenvalue weighted by atomic mass is 10.0. The zero-order valence-electron chi connectivity index (χ0n) is 19.8. The van der Waals surface area contributed by atoms with Crippen LogP contribution in [-0.4, -0.2) is 48.0 Å². The van der Waals surface area contributed by atoms with Crippen molar-refractivity contribution in [1.82, 2.24) is 0 Å². The quantitative estimate of drug-likeness (QED) is 0.297. The van der Waals surface area contributed by atoms with Crippen LogP contribution in [0.5, 0.6) is 0 Å². The summed E-state index contributed by atoms with van der Waals surface area (Å²) in [6.07, 6.45) is 6.00. The van der Waals surface area contributed by atoms with Gasteiger partial charge in [0.05, 0.1) is 32.0 Å². The third-order valence-electron chi connectivity index (χ3n) is 5.95. The highest BCUT2D eigenvalue weighted by Crippen LogP contribution is 2.29. The van der Waals surface area contributed by atoms with Gasteiger partial charge in [-0.05, 0) is 42.7 Å². The Morgan fingerprint density at radius 1 is 1.18 bits per heavy atom. The minimum absolute atomic E-state index is 0.0208. The molecule has 2 atom stereocenters. The van der Waals surface area contributed by atoms with Crippen molar-refractivity contribution in [1.29, 1.82) is 0 Å². The van der Waals surface area contributed by atoms with Gasteiger partial charge in [0, 0.05) is 17.0 Å². The summed E-state index contributed by atoms with van der Waals surface area (Å²) in [4.78, 5) is 27.6. The van der Waals surface area contributed by atoms with E-state index in [1.165, 1.54) is 24.2 Å². The summed E-state index contributed by atoms with van der Waals surface area (Å²) in [5.74, 6) is -0.376. The number of hydrogen-bond donors (Lipinski definition) is 2. The highest BCUT2D eigenvalue weighted by atomic mass is 32.1. The van der Waals surface area contributed by atoms with Gasteiger partial charge in [-0.15, -0.1) is 11.3 Å². The number of esters is 1. The van der Waals surface area contributed by atoms with Crippen molar-refractivity contribution in [3.05, 3.63) is 51.7 Å². The van der Waals surface area contributed by atoms with E-state index in [4.69, 9.17) is 14.6 Å². The Bertz CT molecular complexity index is 912. The fourth-order valence-electron chi connectivity index (χ4n) is 4.11. The number of hydrogen-bond acceptors (Lipinski definition) is 7. The molecule has 0 aliphatic carbocycles. The number of anilines is 1. The molecule has 1 aliphatic heterocycles. The molecule has 1 saturated heterocycles. The molecule has 1 aromatic heterocycles. The van der Waals surface area contributed by atoms with E-state index < -0.39 is 12.1 Å². The predicted octanol–water partition coefficient (Wildman–Crippen LogP) is 4.61. The summed E-state index contributed by atoms with van der Waals surface area (Å²) in [6, 6.07) is 11.1. The van der Waals surface area contributed by atoms with E-state index >= 15 is 0 Å². The maximum Gasteiger partial charge on any atom is 0.348 e. The smallest absolute Gasteiger partial charge is 0.348 e. The van der Waals surface area contributed by atoms with E-state index in [-0.39, 0.29) is 25.2 Å². The lowest BCUT2D eigenvalue weighted by molar-refractivity contribution is -0.117. The number of carbonyl (C=O) groups is 2. The summed E-state index contributed by atoms with van der Waals surface area (Å²) in [5.41, 5.74) is 1.70. The summed E-state index contributed by atoms with van der Waals surface area (Å²) < 4.78 is 10.8. The summed E-state index contributed by atoms with van der Waals surface area (Å²) in [6.45, 7) is 2.69. The molecule has 1 aliphatic rings. The van der Waals surface area contributed by atoms with Gasteiger partial charge in [-0.25, -0.2) is 4.79 Å². The molecule has 2 aromatic rings. The van der Waals surface area contributed by atoms with Crippen LogP contribution in [-0.2, 0) is 20.9 Å². The van der Waals surface area contributed by atoms with Crippen LogP contribution in [0.4, 0.5) is 5.69 Å². The number of thiophene rings is 1. The topological polar surface area (TPSA) is 96.3 Å². The second-order valence-electron chi connectivity index (χ2n) is 8.55. The van der Waals surface area contributed by atoms with E-state index in [1.54, 1.807) is 11.0 Å². The van der Waals surface area contributed by atoms with Gasteiger partial charge in [-0.1, -0.05) is 44.7 Å². The van der Waals surface area contributed by atoms with E-state index in [1.807, 2.05) is 30.3 Å². The zero-order valence-corrected chi connectivity index (χ0v) is 20.6. The van der Waals surface area contributed by atoms with E-state index in [9.17, 15) is 14.7 Å². The van der Waals surface area contributed by atoms with Gasteiger partial charge in [0.2, 0.25) is 5.91 Å². The molecule has 3 rings (SSSR count). The predicted molar refractivity (Wildman–Crippen MR) is 132 cm³/mol. The second kappa shape index (κ2) is 13.6. The lowest BCUT2D eigenvalue weighted by Gasteiger charge is -2.25. The average Bonchev–Trinajstić information content (AvgIpc) is 3.47. The van der Waals surface area contributed by atoms with Crippen LogP contribution in [0.15, 0.2) is 36.4 Å². The van der Waals surface area contributed by atoms with Crippen LogP contribution in [0.2, 0.25) is 0 Å². The first-order chi connectivity index (χ1) is 16.5. The van der Waals surface area contributed by atoms with Crippen molar-refractivity contribution >= 4 is 28.9 Å². The van der Waals surface area contributed by atoms with Crippen molar-refractivity contribution in [3.8, 4) is 0 Å². The molecule has 8 heteroatoms. The molecular weight excluding hydrogens is 454 g/mol. The molecule has 0 radical (unpaired) electrons. The van der Waals surface area contributed by atoms with Crippen molar-refractivity contribution < 1.29 is 29.3 Å². The van der Waals surface area contributed by atoms with Gasteiger partial charge in [0.1, 0.15) is 11.5 Å². The number of ether oxygens (including phenoxy) is 2. The highest BCUT2D eigenvalue weighted by Gasteiger charge is 2.32. The highest BCUT2D eigenvalue weighted by molar-refractivity contribution is 7.13. The van der Waals surface area contributed by atoms with E-state index in [2.05, 4.69) is 6.92 Å². The Kier molecular flexibility index (Phi) is 10.5. The Balaban J connectivity index is 1.51. The molecule has 0 unspecified atom stereocenters. The van der Waals surface area contributed by atoms with Crippen LogP contribution in [0, 0.1) is 0 Å². The number of nitrogens with zero attached hydrogens (tertiary/aromatic N) is 1. The lowest BCUT2D eigenvalue weighted by Crippen LogP contribution is -2.36. The molecule has 0 spiro atoms. The normalized spacial score (nSPS) is 16.7. The molecule has 2 heterocycles. The molecular formula is C26H35NO6S. The third kappa shape index (κ3) is 7.37. The Hall–Kier alpha value is -2.26. The minimum atomic E-state index is -0.476. The Morgan fingerprint density at radius 3 is 2.71 bits per heavy atom. The monoisotopic (exact) mass is 489 g/mol. The van der Waals surface area contributed by atoms with Gasteiger partial charge in [-0.3, -0.25) is 4.79 Å². The maximum atomic E-state index is 12.6. The van der Waals surface area contributed by atoms with Crippen LogP contribution >= 0.6 is 11.3 Å². The third-order valence-corrected chi connectivity index (χ3v) is 6.99. The SMILES string of the molecule is CCCCCC[C@H](O)c1ccc(N2C(=O)CC[C@@H]2COCc2ccc(C(=O)OCCO)s2)cc1. The molecule has 1 aromatic carbocycles. The maximum absolute atomic E-state index is 12.6. The van der Waals surface area contributed by atoms with Gasteiger partial charge < -0.3 is 24.6 Å². The first-order valence-electron chi connectivity index (χ1n) is 12.1. The van der Waals surface area contributed by atoms with Gasteiger partial charge >= 0.3 is 5.97 Å². The number of carbonyl (C=O) groups excluding carboxylic acids is 2. The molecule has 2 N–H and O–H groups in total. The van der Waals surface area contributed by atoms with Crippen molar-refractivity contribution in [2.75, 3.05) is 24.7 Å². The average molecular weight is 490 g/mol. The molecule has 1 amide bonds. The molecule has 1 fully saturated rings. The molecule has 0 bridgehead atoms. The second-order valence-corrected chi connectivity index (χ2v) is 9.72.